The average Bonchev–Trinajstić information content (AvgIpc) is 3.34. The third-order valence-corrected chi connectivity index (χ3v) is 8.93. The molecule has 0 fully saturated rings. The van der Waals surface area contributed by atoms with Gasteiger partial charge in [0, 0.05) is 23.9 Å². The molecule has 6 nitrogen and oxygen atoms in total. The van der Waals surface area contributed by atoms with Crippen molar-refractivity contribution in [1.82, 2.24) is 19.9 Å². The first kappa shape index (κ1) is 31.3. The van der Waals surface area contributed by atoms with Crippen LogP contribution in [0.2, 0.25) is 0 Å². The SMILES string of the molecule is CCc1c(C(=O)NCCCCOc2ccc(C(C)(C)CC)cc2C(C)(C)CC)cnc2c(-c3ccccc3)c(C)nn12. The number of carbonyl (C=O) groups is 1. The Morgan fingerprint density at radius 2 is 1.67 bits per heavy atom. The Hall–Kier alpha value is -3.67. The van der Waals surface area contributed by atoms with Crippen LogP contribution in [-0.4, -0.2) is 33.7 Å². The molecule has 1 N–H and O–H groups in total. The van der Waals surface area contributed by atoms with Gasteiger partial charge in [-0.3, -0.25) is 4.79 Å². The Morgan fingerprint density at radius 1 is 0.952 bits per heavy atom. The summed E-state index contributed by atoms with van der Waals surface area (Å²) in [6.45, 7) is 18.9. The summed E-state index contributed by atoms with van der Waals surface area (Å²) in [5, 5.41) is 7.85. The predicted molar refractivity (Wildman–Crippen MR) is 173 cm³/mol. The van der Waals surface area contributed by atoms with Crippen molar-refractivity contribution in [3.05, 3.63) is 82.8 Å². The van der Waals surface area contributed by atoms with E-state index in [1.807, 2.05) is 36.6 Å². The minimum Gasteiger partial charge on any atom is -0.493 e. The lowest BCUT2D eigenvalue weighted by molar-refractivity contribution is 0.0950. The van der Waals surface area contributed by atoms with E-state index in [0.717, 1.165) is 59.6 Å². The van der Waals surface area contributed by atoms with Crippen molar-refractivity contribution >= 4 is 11.6 Å². The zero-order chi connectivity index (χ0) is 30.5. The molecule has 42 heavy (non-hydrogen) atoms. The van der Waals surface area contributed by atoms with Crippen LogP contribution in [-0.2, 0) is 17.3 Å². The van der Waals surface area contributed by atoms with Crippen molar-refractivity contribution in [2.45, 2.75) is 98.3 Å². The fourth-order valence-electron chi connectivity index (χ4n) is 5.32. The van der Waals surface area contributed by atoms with Crippen LogP contribution in [0.15, 0.2) is 54.7 Å². The second kappa shape index (κ2) is 13.1. The van der Waals surface area contributed by atoms with Gasteiger partial charge in [0.2, 0.25) is 0 Å². The number of fused-ring (bicyclic) bond motifs is 1. The second-order valence-electron chi connectivity index (χ2n) is 12.5. The smallest absolute Gasteiger partial charge is 0.254 e. The molecule has 2 aromatic heterocycles. The first-order valence-corrected chi connectivity index (χ1v) is 15.5. The number of benzene rings is 2. The number of hydrogen-bond acceptors (Lipinski definition) is 4. The van der Waals surface area contributed by atoms with Crippen molar-refractivity contribution in [3.8, 4) is 16.9 Å². The summed E-state index contributed by atoms with van der Waals surface area (Å²) < 4.78 is 8.15. The molecule has 0 radical (unpaired) electrons. The Bertz CT molecular complexity index is 1520. The molecule has 0 saturated carbocycles. The van der Waals surface area contributed by atoms with Crippen molar-refractivity contribution in [1.29, 1.82) is 0 Å². The molecule has 0 bridgehead atoms. The van der Waals surface area contributed by atoms with E-state index in [-0.39, 0.29) is 16.7 Å². The molecule has 0 atom stereocenters. The molecule has 0 saturated heterocycles. The summed E-state index contributed by atoms with van der Waals surface area (Å²) in [6, 6.07) is 16.9. The summed E-state index contributed by atoms with van der Waals surface area (Å²) in [4.78, 5) is 17.9. The number of hydrogen-bond donors (Lipinski definition) is 1. The zero-order valence-electron chi connectivity index (χ0n) is 26.8. The third kappa shape index (κ3) is 6.53. The number of rotatable bonds is 13. The molecule has 0 aliphatic heterocycles. The van der Waals surface area contributed by atoms with E-state index in [0.29, 0.717) is 25.1 Å². The topological polar surface area (TPSA) is 68.5 Å². The maximum Gasteiger partial charge on any atom is 0.254 e. The van der Waals surface area contributed by atoms with Crippen LogP contribution in [0.4, 0.5) is 0 Å². The Kier molecular flexibility index (Phi) is 9.75. The predicted octanol–water partition coefficient (Wildman–Crippen LogP) is 8.23. The van der Waals surface area contributed by atoms with Crippen LogP contribution in [0.25, 0.3) is 16.8 Å². The van der Waals surface area contributed by atoms with Gasteiger partial charge in [0.25, 0.3) is 5.91 Å². The van der Waals surface area contributed by atoms with Gasteiger partial charge in [-0.1, -0.05) is 90.9 Å². The van der Waals surface area contributed by atoms with Crippen LogP contribution in [0, 0.1) is 6.92 Å². The number of aromatic nitrogens is 3. The molecule has 0 unspecified atom stereocenters. The number of aryl methyl sites for hydroxylation is 2. The van der Waals surface area contributed by atoms with Crippen LogP contribution in [0.1, 0.15) is 107 Å². The second-order valence-corrected chi connectivity index (χ2v) is 12.5. The number of nitrogens with one attached hydrogen (secondary N) is 1. The highest BCUT2D eigenvalue weighted by molar-refractivity contribution is 5.95. The number of ether oxygens (including phenoxy) is 1. The molecule has 6 heteroatoms. The minimum atomic E-state index is -0.113. The zero-order valence-corrected chi connectivity index (χ0v) is 26.8. The van der Waals surface area contributed by atoms with Gasteiger partial charge in [-0.2, -0.15) is 5.10 Å². The summed E-state index contributed by atoms with van der Waals surface area (Å²) in [6.07, 6.45) is 6.18. The Balaban J connectivity index is 1.38. The molecule has 2 heterocycles. The van der Waals surface area contributed by atoms with Crippen LogP contribution in [0.3, 0.4) is 0 Å². The first-order valence-electron chi connectivity index (χ1n) is 15.5. The number of amides is 1. The van der Waals surface area contributed by atoms with E-state index in [9.17, 15) is 4.79 Å². The van der Waals surface area contributed by atoms with Crippen molar-refractivity contribution in [3.63, 3.8) is 0 Å². The summed E-state index contributed by atoms with van der Waals surface area (Å²) in [7, 11) is 0. The standard InChI is InChI=1S/C36H48N4O2/c1-9-30-28(24-38-33-32(25(4)39-40(30)33)26-17-13-12-14-18-26)34(41)37-21-15-16-22-42-31-20-19-27(35(5,6)10-2)23-29(31)36(7,8)11-3/h12-14,17-20,23-24H,9-11,15-16,21-22H2,1-8H3,(H,37,41). The Labute approximate surface area is 251 Å². The maximum absolute atomic E-state index is 13.2. The molecule has 2 aromatic carbocycles. The summed E-state index contributed by atoms with van der Waals surface area (Å²) in [5.41, 5.74) is 8.00. The molecular weight excluding hydrogens is 520 g/mol. The molecule has 4 aromatic rings. The van der Waals surface area contributed by atoms with E-state index in [2.05, 4.69) is 82.2 Å². The molecule has 0 aliphatic carbocycles. The highest BCUT2D eigenvalue weighted by Crippen LogP contribution is 2.38. The number of unbranched alkanes of at least 4 members (excludes halogenated alkanes) is 1. The van der Waals surface area contributed by atoms with Gasteiger partial charge < -0.3 is 10.1 Å². The number of nitrogens with zero attached hydrogens (tertiary/aromatic N) is 3. The lowest BCUT2D eigenvalue weighted by Crippen LogP contribution is -2.27. The average molecular weight is 569 g/mol. The number of carbonyl (C=O) groups excluding carboxylic acids is 1. The van der Waals surface area contributed by atoms with E-state index < -0.39 is 0 Å². The largest absolute Gasteiger partial charge is 0.493 e. The van der Waals surface area contributed by atoms with Gasteiger partial charge in [-0.15, -0.1) is 0 Å². The van der Waals surface area contributed by atoms with Crippen LogP contribution < -0.4 is 10.1 Å². The highest BCUT2D eigenvalue weighted by atomic mass is 16.5. The van der Waals surface area contributed by atoms with Crippen molar-refractivity contribution < 1.29 is 9.53 Å². The minimum absolute atomic E-state index is 0.0320. The van der Waals surface area contributed by atoms with Gasteiger partial charge in [-0.05, 0) is 67.1 Å². The monoisotopic (exact) mass is 568 g/mol. The Morgan fingerprint density at radius 3 is 2.33 bits per heavy atom. The normalized spacial score (nSPS) is 12.1. The molecule has 0 spiro atoms. The fraction of sp³-hybridized carbons (Fsp3) is 0.472. The summed E-state index contributed by atoms with van der Waals surface area (Å²) in [5.74, 6) is 0.857. The van der Waals surface area contributed by atoms with Gasteiger partial charge in [-0.25, -0.2) is 9.50 Å². The van der Waals surface area contributed by atoms with Crippen molar-refractivity contribution in [2.24, 2.45) is 0 Å². The quantitative estimate of drug-likeness (QED) is 0.165. The molecule has 1 amide bonds. The van der Waals surface area contributed by atoms with Gasteiger partial charge in [0.05, 0.1) is 23.6 Å². The van der Waals surface area contributed by atoms with E-state index in [1.54, 1.807) is 6.20 Å². The maximum atomic E-state index is 13.2. The van der Waals surface area contributed by atoms with E-state index in [4.69, 9.17) is 9.84 Å². The lowest BCUT2D eigenvalue weighted by atomic mass is 9.76. The fourth-order valence-corrected chi connectivity index (χ4v) is 5.32. The third-order valence-electron chi connectivity index (χ3n) is 8.93. The van der Waals surface area contributed by atoms with Crippen LogP contribution in [0.5, 0.6) is 5.75 Å². The lowest BCUT2D eigenvalue weighted by Gasteiger charge is -2.30. The molecular formula is C36H48N4O2. The highest BCUT2D eigenvalue weighted by Gasteiger charge is 2.26. The van der Waals surface area contributed by atoms with Gasteiger partial charge in [0.1, 0.15) is 5.75 Å². The van der Waals surface area contributed by atoms with E-state index >= 15 is 0 Å². The first-order chi connectivity index (χ1) is 20.0. The van der Waals surface area contributed by atoms with E-state index in [1.165, 1.54) is 11.1 Å². The van der Waals surface area contributed by atoms with Gasteiger partial charge >= 0.3 is 0 Å². The van der Waals surface area contributed by atoms with Crippen molar-refractivity contribution in [2.75, 3.05) is 13.2 Å². The molecule has 4 rings (SSSR count). The molecule has 224 valence electrons. The summed E-state index contributed by atoms with van der Waals surface area (Å²) >= 11 is 0. The molecule has 0 aliphatic rings. The van der Waals surface area contributed by atoms with Crippen LogP contribution >= 0.6 is 0 Å². The van der Waals surface area contributed by atoms with Gasteiger partial charge in [0.15, 0.2) is 5.65 Å².